The molecular formula is C9H9ClN2O2. The first-order chi connectivity index (χ1) is 6.59. The van der Waals surface area contributed by atoms with Crippen LogP contribution in [0.3, 0.4) is 0 Å². The highest BCUT2D eigenvalue weighted by Crippen LogP contribution is 2.23. The molecule has 2 N–H and O–H groups in total. The summed E-state index contributed by atoms with van der Waals surface area (Å²) in [5, 5.41) is 18.7. The smallest absolute Gasteiger partial charge is 0.181 e. The van der Waals surface area contributed by atoms with Gasteiger partial charge < -0.3 is 15.1 Å². The molecule has 2 aliphatic heterocycles. The fourth-order valence-corrected chi connectivity index (χ4v) is 1.77. The topological polar surface area (TPSA) is 56.1 Å². The zero-order valence-electron chi connectivity index (χ0n) is 7.48. The molecule has 0 saturated heterocycles. The van der Waals surface area contributed by atoms with Gasteiger partial charge in [-0.05, 0) is 18.8 Å². The second kappa shape index (κ2) is 3.28. The molecule has 0 bridgehead atoms. The summed E-state index contributed by atoms with van der Waals surface area (Å²) in [4.78, 5) is 5.80. The van der Waals surface area contributed by atoms with E-state index in [1.54, 1.807) is 18.0 Å². The molecule has 5 heteroatoms. The molecule has 2 heterocycles. The number of allylic oxidation sites excluding steroid dienone is 1. The van der Waals surface area contributed by atoms with Crippen molar-refractivity contribution >= 4 is 17.4 Å². The highest BCUT2D eigenvalue weighted by atomic mass is 35.5. The van der Waals surface area contributed by atoms with E-state index in [2.05, 4.69) is 16.8 Å². The SMILES string of the molecule is CC1N=C2C#CC(Cl)=CN2[C@H]1C(O)O. The molecule has 0 aromatic rings. The molecule has 0 spiro atoms. The van der Waals surface area contributed by atoms with Crippen molar-refractivity contribution < 1.29 is 10.2 Å². The monoisotopic (exact) mass is 212 g/mol. The molecule has 74 valence electrons. The average molecular weight is 213 g/mol. The number of aliphatic hydroxyl groups is 2. The van der Waals surface area contributed by atoms with E-state index in [1.165, 1.54) is 0 Å². The summed E-state index contributed by atoms with van der Waals surface area (Å²) in [6.07, 6.45) is 0.122. The van der Waals surface area contributed by atoms with E-state index >= 15 is 0 Å². The number of aliphatic imine (C=N–C) groups is 1. The molecule has 4 nitrogen and oxygen atoms in total. The maximum absolute atomic E-state index is 9.17. The van der Waals surface area contributed by atoms with E-state index in [0.29, 0.717) is 10.9 Å². The summed E-state index contributed by atoms with van der Waals surface area (Å²) in [5.74, 6) is 5.97. The molecule has 2 aliphatic rings. The molecule has 0 aliphatic carbocycles. The van der Waals surface area contributed by atoms with Crippen LogP contribution in [0.2, 0.25) is 0 Å². The van der Waals surface area contributed by atoms with Crippen molar-refractivity contribution in [2.75, 3.05) is 0 Å². The minimum Gasteiger partial charge on any atom is -0.366 e. The van der Waals surface area contributed by atoms with Crippen LogP contribution in [0, 0.1) is 11.8 Å². The van der Waals surface area contributed by atoms with Gasteiger partial charge in [-0.1, -0.05) is 11.6 Å². The van der Waals surface area contributed by atoms with Crippen LogP contribution in [0.15, 0.2) is 16.2 Å². The van der Waals surface area contributed by atoms with Gasteiger partial charge in [0.25, 0.3) is 0 Å². The summed E-state index contributed by atoms with van der Waals surface area (Å²) in [6.45, 7) is 1.80. The third kappa shape index (κ3) is 1.40. The summed E-state index contributed by atoms with van der Waals surface area (Å²) >= 11 is 5.73. The Kier molecular flexibility index (Phi) is 2.23. The summed E-state index contributed by atoms with van der Waals surface area (Å²) in [6, 6.07) is -0.688. The van der Waals surface area contributed by atoms with Gasteiger partial charge >= 0.3 is 0 Å². The van der Waals surface area contributed by atoms with Gasteiger partial charge in [0.1, 0.15) is 11.1 Å². The van der Waals surface area contributed by atoms with E-state index in [1.807, 2.05) is 0 Å². The van der Waals surface area contributed by atoms with Gasteiger partial charge in [0.15, 0.2) is 12.1 Å². The second-order valence-electron chi connectivity index (χ2n) is 3.23. The Labute approximate surface area is 86.5 Å². The van der Waals surface area contributed by atoms with Crippen LogP contribution in [-0.2, 0) is 0 Å². The lowest BCUT2D eigenvalue weighted by atomic mass is 10.1. The molecule has 14 heavy (non-hydrogen) atoms. The normalized spacial score (nSPS) is 29.4. The Bertz CT molecular complexity index is 378. The van der Waals surface area contributed by atoms with Crippen molar-refractivity contribution in [2.24, 2.45) is 4.99 Å². The zero-order chi connectivity index (χ0) is 10.3. The van der Waals surface area contributed by atoms with Gasteiger partial charge in [0.2, 0.25) is 0 Å². The van der Waals surface area contributed by atoms with Gasteiger partial charge in [0.05, 0.1) is 6.04 Å². The quantitative estimate of drug-likeness (QED) is 0.470. The number of fused-ring (bicyclic) bond motifs is 1. The van der Waals surface area contributed by atoms with E-state index in [4.69, 9.17) is 21.8 Å². The first-order valence-corrected chi connectivity index (χ1v) is 4.59. The Hall–Kier alpha value is -1.02. The van der Waals surface area contributed by atoms with E-state index < -0.39 is 12.3 Å². The molecule has 2 rings (SSSR count). The standard InChI is InChI=1S/C9H9ClN2O2/c1-5-8(9(13)14)12-4-6(10)2-3-7(12)11-5/h4-5,8-9,13-14H,1H3/t5?,8-/m1/s1. The minimum absolute atomic E-state index is 0.196. The highest BCUT2D eigenvalue weighted by Gasteiger charge is 2.37. The molecule has 0 aromatic heterocycles. The van der Waals surface area contributed by atoms with Crippen molar-refractivity contribution in [3.05, 3.63) is 11.2 Å². The largest absolute Gasteiger partial charge is 0.366 e. The first kappa shape index (κ1) is 9.53. The number of hydrogen-bond acceptors (Lipinski definition) is 4. The van der Waals surface area contributed by atoms with Crippen LogP contribution in [0.1, 0.15) is 6.92 Å². The molecule has 0 amide bonds. The number of hydrogen-bond donors (Lipinski definition) is 2. The lowest BCUT2D eigenvalue weighted by molar-refractivity contribution is -0.0811. The number of rotatable bonds is 1. The highest BCUT2D eigenvalue weighted by molar-refractivity contribution is 6.33. The molecule has 0 fully saturated rings. The molecular weight excluding hydrogens is 204 g/mol. The first-order valence-electron chi connectivity index (χ1n) is 4.21. The van der Waals surface area contributed by atoms with Gasteiger partial charge in [-0.15, -0.1) is 0 Å². The van der Waals surface area contributed by atoms with Crippen LogP contribution in [0.25, 0.3) is 0 Å². The van der Waals surface area contributed by atoms with Crippen molar-refractivity contribution in [1.29, 1.82) is 0 Å². The van der Waals surface area contributed by atoms with E-state index in [9.17, 15) is 0 Å². The Morgan fingerprint density at radius 3 is 2.93 bits per heavy atom. The fourth-order valence-electron chi connectivity index (χ4n) is 1.62. The maximum atomic E-state index is 9.17. The predicted molar refractivity (Wildman–Crippen MR) is 52.5 cm³/mol. The Morgan fingerprint density at radius 2 is 2.29 bits per heavy atom. The third-order valence-corrected chi connectivity index (χ3v) is 2.43. The van der Waals surface area contributed by atoms with Gasteiger partial charge in [0, 0.05) is 6.20 Å². The Balaban J connectivity index is 2.33. The van der Waals surface area contributed by atoms with E-state index in [0.717, 1.165) is 0 Å². The number of aliphatic hydroxyl groups excluding tert-OH is 1. The average Bonchev–Trinajstić information content (AvgIpc) is 2.40. The van der Waals surface area contributed by atoms with Crippen LogP contribution in [-0.4, -0.2) is 39.3 Å². The van der Waals surface area contributed by atoms with Crippen molar-refractivity contribution in [1.82, 2.24) is 4.90 Å². The lowest BCUT2D eigenvalue weighted by Gasteiger charge is -2.27. The van der Waals surface area contributed by atoms with Crippen molar-refractivity contribution in [3.63, 3.8) is 0 Å². The van der Waals surface area contributed by atoms with Crippen LogP contribution >= 0.6 is 11.6 Å². The number of halogens is 1. The summed E-state index contributed by atoms with van der Waals surface area (Å²) < 4.78 is 0. The van der Waals surface area contributed by atoms with E-state index in [-0.39, 0.29) is 6.04 Å². The van der Waals surface area contributed by atoms with Crippen molar-refractivity contribution in [3.8, 4) is 11.8 Å². The molecule has 0 aromatic carbocycles. The van der Waals surface area contributed by atoms with Gasteiger partial charge in [-0.3, -0.25) is 4.99 Å². The summed E-state index contributed by atoms with van der Waals surface area (Å²) in [7, 11) is 0. The second-order valence-corrected chi connectivity index (χ2v) is 3.64. The lowest BCUT2D eigenvalue weighted by Crippen LogP contribution is -2.44. The van der Waals surface area contributed by atoms with Crippen LogP contribution in [0.5, 0.6) is 0 Å². The van der Waals surface area contributed by atoms with Gasteiger partial charge in [-0.25, -0.2) is 0 Å². The Morgan fingerprint density at radius 1 is 1.57 bits per heavy atom. The molecule has 2 atom stereocenters. The van der Waals surface area contributed by atoms with Crippen LogP contribution < -0.4 is 0 Å². The van der Waals surface area contributed by atoms with Gasteiger partial charge in [-0.2, -0.15) is 0 Å². The minimum atomic E-state index is -1.45. The fraction of sp³-hybridized carbons (Fsp3) is 0.444. The van der Waals surface area contributed by atoms with Crippen molar-refractivity contribution in [2.45, 2.75) is 25.3 Å². The number of nitrogens with zero attached hydrogens (tertiary/aromatic N) is 2. The zero-order valence-corrected chi connectivity index (χ0v) is 8.23. The summed E-state index contributed by atoms with van der Waals surface area (Å²) in [5.41, 5.74) is 0. The molecule has 0 saturated carbocycles. The van der Waals surface area contributed by atoms with Crippen LogP contribution in [0.4, 0.5) is 0 Å². The maximum Gasteiger partial charge on any atom is 0.181 e. The third-order valence-electron chi connectivity index (χ3n) is 2.24. The number of amidine groups is 1. The molecule has 1 unspecified atom stereocenters. The predicted octanol–water partition coefficient (Wildman–Crippen LogP) is -0.134. The molecule has 0 radical (unpaired) electrons.